The smallest absolute Gasteiger partial charge is 0.240 e. The SMILES string of the molecule is CCNC(=NCC(c1cccs1)N1CCCC1)NCCNS(=O)(=O)c1ccccc1.I. The minimum Gasteiger partial charge on any atom is -0.357 e. The highest BCUT2D eigenvalue weighted by Crippen LogP contribution is 2.28. The summed E-state index contributed by atoms with van der Waals surface area (Å²) in [7, 11) is -3.49. The van der Waals surface area contributed by atoms with Gasteiger partial charge < -0.3 is 10.6 Å². The number of hydrogen-bond donors (Lipinski definition) is 3. The molecule has 0 aliphatic carbocycles. The maximum atomic E-state index is 12.3. The first kappa shape index (κ1) is 26.0. The van der Waals surface area contributed by atoms with E-state index in [0.29, 0.717) is 25.1 Å². The number of halogens is 1. The molecule has 1 saturated heterocycles. The number of likely N-dealkylation sites (tertiary alicyclic amines) is 1. The van der Waals surface area contributed by atoms with E-state index in [4.69, 9.17) is 4.99 Å². The molecule has 0 saturated carbocycles. The van der Waals surface area contributed by atoms with Crippen LogP contribution in [0.4, 0.5) is 0 Å². The van der Waals surface area contributed by atoms with Crippen LogP contribution in [0.3, 0.4) is 0 Å². The van der Waals surface area contributed by atoms with E-state index in [1.807, 2.05) is 6.92 Å². The summed E-state index contributed by atoms with van der Waals surface area (Å²) in [5.74, 6) is 0.706. The quantitative estimate of drug-likeness (QED) is 0.175. The fraction of sp³-hybridized carbons (Fsp3) is 0.476. The Morgan fingerprint density at radius 2 is 1.84 bits per heavy atom. The van der Waals surface area contributed by atoms with Crippen LogP contribution in [0.2, 0.25) is 0 Å². The summed E-state index contributed by atoms with van der Waals surface area (Å²) in [5, 5.41) is 8.60. The van der Waals surface area contributed by atoms with Crippen molar-refractivity contribution < 1.29 is 8.42 Å². The molecule has 7 nitrogen and oxygen atoms in total. The van der Waals surface area contributed by atoms with Crippen molar-refractivity contribution in [1.29, 1.82) is 0 Å². The second kappa shape index (κ2) is 13.4. The number of aliphatic imine (C=N–C) groups is 1. The predicted octanol–water partition coefficient (Wildman–Crippen LogP) is 3.04. The molecule has 1 fully saturated rings. The van der Waals surface area contributed by atoms with Crippen LogP contribution in [0.5, 0.6) is 0 Å². The Hall–Kier alpha value is -1.21. The Morgan fingerprint density at radius 1 is 1.10 bits per heavy atom. The molecule has 1 atom stereocenters. The van der Waals surface area contributed by atoms with Crippen LogP contribution in [-0.4, -0.2) is 58.5 Å². The fourth-order valence-corrected chi connectivity index (χ4v) is 5.39. The number of sulfonamides is 1. The molecule has 1 aliphatic rings. The molecule has 2 aromatic rings. The van der Waals surface area contributed by atoms with Gasteiger partial charge in [0.05, 0.1) is 17.5 Å². The molecule has 10 heteroatoms. The van der Waals surface area contributed by atoms with E-state index in [2.05, 4.69) is 37.8 Å². The standard InChI is InChI=1S/C21H31N5O2S2.HI/c1-2-22-21(23-12-13-25-30(27,28)18-9-4-3-5-10-18)24-17-19(20-11-8-16-29-20)26-14-6-7-15-26;/h3-5,8-11,16,19,25H,2,6-7,12-15,17H2,1H3,(H2,22,23,24);1H. The summed E-state index contributed by atoms with van der Waals surface area (Å²) in [6.45, 7) is 6.40. The molecule has 172 valence electrons. The van der Waals surface area contributed by atoms with Crippen molar-refractivity contribution in [2.45, 2.75) is 30.7 Å². The van der Waals surface area contributed by atoms with Crippen molar-refractivity contribution in [2.24, 2.45) is 4.99 Å². The van der Waals surface area contributed by atoms with Crippen LogP contribution in [0, 0.1) is 0 Å². The van der Waals surface area contributed by atoms with Gasteiger partial charge in [0.1, 0.15) is 0 Å². The Kier molecular flexibility index (Phi) is 11.2. The van der Waals surface area contributed by atoms with Gasteiger partial charge in [-0.3, -0.25) is 9.89 Å². The first-order valence-corrected chi connectivity index (χ1v) is 12.8. The number of benzene rings is 1. The van der Waals surface area contributed by atoms with Gasteiger partial charge in [-0.2, -0.15) is 0 Å². The molecule has 2 heterocycles. The van der Waals surface area contributed by atoms with Gasteiger partial charge in [-0.25, -0.2) is 13.1 Å². The summed E-state index contributed by atoms with van der Waals surface area (Å²) >= 11 is 1.78. The van der Waals surface area contributed by atoms with Gasteiger partial charge in [-0.15, -0.1) is 35.3 Å². The first-order valence-electron chi connectivity index (χ1n) is 10.4. The van der Waals surface area contributed by atoms with E-state index in [1.54, 1.807) is 41.7 Å². The van der Waals surface area contributed by atoms with Crippen LogP contribution >= 0.6 is 35.3 Å². The fourth-order valence-electron chi connectivity index (χ4n) is 3.49. The summed E-state index contributed by atoms with van der Waals surface area (Å²) in [4.78, 5) is 8.91. The second-order valence-electron chi connectivity index (χ2n) is 7.13. The van der Waals surface area contributed by atoms with Crippen molar-refractivity contribution in [2.75, 3.05) is 39.3 Å². The van der Waals surface area contributed by atoms with Crippen molar-refractivity contribution in [3.63, 3.8) is 0 Å². The lowest BCUT2D eigenvalue weighted by Crippen LogP contribution is -2.42. The number of rotatable bonds is 10. The maximum Gasteiger partial charge on any atom is 0.240 e. The Bertz CT molecular complexity index is 886. The lowest BCUT2D eigenvalue weighted by molar-refractivity contribution is 0.255. The number of thiophene rings is 1. The van der Waals surface area contributed by atoms with Gasteiger partial charge >= 0.3 is 0 Å². The first-order chi connectivity index (χ1) is 14.6. The highest BCUT2D eigenvalue weighted by Gasteiger charge is 2.24. The molecule has 0 spiro atoms. The lowest BCUT2D eigenvalue weighted by Gasteiger charge is -2.25. The summed E-state index contributed by atoms with van der Waals surface area (Å²) in [6.07, 6.45) is 2.48. The van der Waals surface area contributed by atoms with E-state index in [9.17, 15) is 8.42 Å². The van der Waals surface area contributed by atoms with Crippen molar-refractivity contribution in [3.05, 3.63) is 52.7 Å². The molecule has 3 N–H and O–H groups in total. The monoisotopic (exact) mass is 577 g/mol. The Balaban J connectivity index is 0.00000341. The van der Waals surface area contributed by atoms with Gasteiger partial charge in [0, 0.05) is 24.5 Å². The minimum atomic E-state index is -3.49. The molecule has 0 radical (unpaired) electrons. The van der Waals surface area contributed by atoms with E-state index in [0.717, 1.165) is 19.6 Å². The predicted molar refractivity (Wildman–Crippen MR) is 139 cm³/mol. The zero-order chi connectivity index (χ0) is 21.2. The Labute approximate surface area is 206 Å². The van der Waals surface area contributed by atoms with Crippen LogP contribution in [0.25, 0.3) is 0 Å². The topological polar surface area (TPSA) is 85.8 Å². The van der Waals surface area contributed by atoms with Gasteiger partial charge in [0.2, 0.25) is 10.0 Å². The van der Waals surface area contributed by atoms with Crippen LogP contribution < -0.4 is 15.4 Å². The molecule has 1 aromatic heterocycles. The highest BCUT2D eigenvalue weighted by molar-refractivity contribution is 14.0. The van der Waals surface area contributed by atoms with Crippen molar-refractivity contribution in [3.8, 4) is 0 Å². The van der Waals surface area contributed by atoms with Crippen LogP contribution in [-0.2, 0) is 10.0 Å². The molecule has 3 rings (SSSR count). The molecular formula is C21H32IN5O2S2. The van der Waals surface area contributed by atoms with E-state index in [-0.39, 0.29) is 35.4 Å². The zero-order valence-corrected chi connectivity index (χ0v) is 21.8. The van der Waals surface area contributed by atoms with Crippen LogP contribution in [0.1, 0.15) is 30.7 Å². The van der Waals surface area contributed by atoms with Gasteiger partial charge in [-0.1, -0.05) is 24.3 Å². The highest BCUT2D eigenvalue weighted by atomic mass is 127. The van der Waals surface area contributed by atoms with Gasteiger partial charge in [0.25, 0.3) is 0 Å². The second-order valence-corrected chi connectivity index (χ2v) is 9.88. The molecule has 1 aliphatic heterocycles. The summed E-state index contributed by atoms with van der Waals surface area (Å²) < 4.78 is 27.2. The maximum absolute atomic E-state index is 12.3. The number of nitrogens with one attached hydrogen (secondary N) is 3. The van der Waals surface area contributed by atoms with Crippen LogP contribution in [0.15, 0.2) is 57.7 Å². The number of hydrogen-bond acceptors (Lipinski definition) is 5. The summed E-state index contributed by atoms with van der Waals surface area (Å²) in [5.41, 5.74) is 0. The van der Waals surface area contributed by atoms with Crippen molar-refractivity contribution >= 4 is 51.3 Å². The molecule has 31 heavy (non-hydrogen) atoms. The van der Waals surface area contributed by atoms with E-state index < -0.39 is 10.0 Å². The molecule has 0 amide bonds. The molecule has 1 aromatic carbocycles. The Morgan fingerprint density at radius 3 is 2.48 bits per heavy atom. The third-order valence-electron chi connectivity index (χ3n) is 4.98. The molecular weight excluding hydrogens is 545 g/mol. The summed E-state index contributed by atoms with van der Waals surface area (Å²) in [6, 6.07) is 13.0. The van der Waals surface area contributed by atoms with E-state index in [1.165, 1.54) is 17.7 Å². The molecule has 0 bridgehead atoms. The largest absolute Gasteiger partial charge is 0.357 e. The number of nitrogens with zero attached hydrogens (tertiary/aromatic N) is 2. The third kappa shape index (κ3) is 8.01. The van der Waals surface area contributed by atoms with Gasteiger partial charge in [-0.05, 0) is 56.4 Å². The lowest BCUT2D eigenvalue weighted by atomic mass is 10.2. The van der Waals surface area contributed by atoms with Crippen molar-refractivity contribution in [1.82, 2.24) is 20.3 Å². The average molecular weight is 578 g/mol. The zero-order valence-electron chi connectivity index (χ0n) is 17.8. The van der Waals surface area contributed by atoms with E-state index >= 15 is 0 Å². The number of guanidine groups is 1. The third-order valence-corrected chi connectivity index (χ3v) is 7.43. The average Bonchev–Trinajstić information content (AvgIpc) is 3.47. The molecule has 1 unspecified atom stereocenters. The van der Waals surface area contributed by atoms with Gasteiger partial charge in [0.15, 0.2) is 5.96 Å². The minimum absolute atomic E-state index is 0. The normalized spacial score (nSPS) is 16.0.